The van der Waals surface area contributed by atoms with Gasteiger partial charge in [0, 0.05) is 32.8 Å². The highest BCUT2D eigenvalue weighted by Gasteiger charge is 2.30. The van der Waals surface area contributed by atoms with Crippen LogP contribution in [0.3, 0.4) is 0 Å². The highest BCUT2D eigenvalue weighted by atomic mass is 16.6. The second-order valence-corrected chi connectivity index (χ2v) is 6.32. The Kier molecular flexibility index (Phi) is 5.50. The van der Waals surface area contributed by atoms with Crippen molar-refractivity contribution < 1.29 is 28.9 Å². The summed E-state index contributed by atoms with van der Waals surface area (Å²) in [7, 11) is 0. The van der Waals surface area contributed by atoms with Gasteiger partial charge in [-0.2, -0.15) is 0 Å². The van der Waals surface area contributed by atoms with Gasteiger partial charge in [-0.05, 0) is 18.1 Å². The lowest BCUT2D eigenvalue weighted by Gasteiger charge is -2.31. The van der Waals surface area contributed by atoms with Crippen molar-refractivity contribution >= 4 is 11.9 Å². The van der Waals surface area contributed by atoms with Crippen LogP contribution in [0.1, 0.15) is 42.1 Å². The SMILES string of the molecule is CC(=O)Oc1cccc2c1C(=O)O[C@@H](CCO)C[C@H]1CC=C[C@H](C2)O1. The van der Waals surface area contributed by atoms with Gasteiger partial charge in [-0.15, -0.1) is 0 Å². The number of rotatable bonds is 3. The number of carbonyl (C=O) groups excluding carboxylic acids is 2. The first kappa shape index (κ1) is 17.6. The average Bonchev–Trinajstić information content (AvgIpc) is 2.54. The summed E-state index contributed by atoms with van der Waals surface area (Å²) in [5.74, 6) is -0.844. The second kappa shape index (κ2) is 7.80. The maximum atomic E-state index is 12.8. The number of esters is 2. The molecule has 0 aliphatic carbocycles. The number of hydrogen-bond donors (Lipinski definition) is 1. The van der Waals surface area contributed by atoms with Gasteiger partial charge in [0.1, 0.15) is 17.4 Å². The van der Waals surface area contributed by atoms with Crippen LogP contribution in [0, 0.1) is 0 Å². The zero-order valence-corrected chi connectivity index (χ0v) is 14.1. The van der Waals surface area contributed by atoms with E-state index in [-0.39, 0.29) is 30.1 Å². The Morgan fingerprint density at radius 2 is 2.24 bits per heavy atom. The van der Waals surface area contributed by atoms with E-state index in [0.717, 1.165) is 6.42 Å². The molecule has 134 valence electrons. The smallest absolute Gasteiger partial charge is 0.342 e. The molecule has 6 nitrogen and oxygen atoms in total. The molecule has 1 N–H and O–H groups in total. The highest BCUT2D eigenvalue weighted by molar-refractivity contribution is 5.95. The van der Waals surface area contributed by atoms with E-state index in [2.05, 4.69) is 6.08 Å². The third kappa shape index (κ3) is 4.27. The van der Waals surface area contributed by atoms with Crippen molar-refractivity contribution in [1.29, 1.82) is 0 Å². The molecule has 3 atom stereocenters. The Bertz CT molecular complexity index is 680. The fourth-order valence-corrected chi connectivity index (χ4v) is 3.31. The van der Waals surface area contributed by atoms with Crippen LogP contribution in [-0.4, -0.2) is 42.0 Å². The van der Waals surface area contributed by atoms with Gasteiger partial charge < -0.3 is 19.3 Å². The van der Waals surface area contributed by atoms with E-state index in [1.54, 1.807) is 12.1 Å². The minimum Gasteiger partial charge on any atom is -0.458 e. The molecule has 0 aromatic heterocycles. The van der Waals surface area contributed by atoms with Gasteiger partial charge in [-0.25, -0.2) is 4.79 Å². The molecule has 0 amide bonds. The van der Waals surface area contributed by atoms with Crippen LogP contribution < -0.4 is 4.74 Å². The Morgan fingerprint density at radius 1 is 1.40 bits per heavy atom. The molecule has 3 rings (SSSR count). The number of fused-ring (bicyclic) bond motifs is 3. The number of aliphatic hydroxyl groups is 1. The standard InChI is InChI=1S/C19H22O6/c1-12(21)23-17-7-2-4-13-10-14-5-3-6-15(24-14)11-16(8-9-20)25-19(22)18(13)17/h2-5,7,14-16,20H,6,8-11H2,1H3/t14-,15-,16+/m1/s1. The van der Waals surface area contributed by atoms with Crippen LogP contribution in [0.15, 0.2) is 30.4 Å². The summed E-state index contributed by atoms with van der Waals surface area (Å²) >= 11 is 0. The lowest BCUT2D eigenvalue weighted by Crippen LogP contribution is -2.33. The zero-order chi connectivity index (χ0) is 17.8. The third-order valence-corrected chi connectivity index (χ3v) is 4.36. The van der Waals surface area contributed by atoms with Crippen molar-refractivity contribution in [2.24, 2.45) is 0 Å². The number of carbonyl (C=O) groups is 2. The molecule has 2 aliphatic heterocycles. The quantitative estimate of drug-likeness (QED) is 0.513. The highest BCUT2D eigenvalue weighted by Crippen LogP contribution is 2.30. The van der Waals surface area contributed by atoms with E-state index in [0.29, 0.717) is 24.8 Å². The van der Waals surface area contributed by atoms with E-state index < -0.39 is 18.0 Å². The summed E-state index contributed by atoms with van der Waals surface area (Å²) in [5, 5.41) is 9.27. The molecule has 6 heteroatoms. The summed E-state index contributed by atoms with van der Waals surface area (Å²) in [5.41, 5.74) is 0.963. The molecule has 1 aromatic rings. The minimum atomic E-state index is -0.533. The molecule has 0 saturated heterocycles. The second-order valence-electron chi connectivity index (χ2n) is 6.32. The average molecular weight is 346 g/mol. The van der Waals surface area contributed by atoms with Crippen molar-refractivity contribution in [2.45, 2.75) is 50.9 Å². The maximum absolute atomic E-state index is 12.8. The molecule has 0 unspecified atom stereocenters. The third-order valence-electron chi connectivity index (χ3n) is 4.36. The number of cyclic esters (lactones) is 1. The Balaban J connectivity index is 2.01. The maximum Gasteiger partial charge on any atom is 0.342 e. The van der Waals surface area contributed by atoms with E-state index in [1.165, 1.54) is 6.92 Å². The molecule has 0 saturated carbocycles. The zero-order valence-electron chi connectivity index (χ0n) is 14.1. The fourth-order valence-electron chi connectivity index (χ4n) is 3.31. The number of hydrogen-bond acceptors (Lipinski definition) is 6. The molecule has 2 aliphatic rings. The molecule has 0 fully saturated rings. The molecular formula is C19H22O6. The Labute approximate surface area is 146 Å². The number of benzene rings is 1. The van der Waals surface area contributed by atoms with E-state index >= 15 is 0 Å². The first-order valence-corrected chi connectivity index (χ1v) is 8.51. The molecule has 1 aromatic carbocycles. The van der Waals surface area contributed by atoms with Crippen LogP contribution in [0.25, 0.3) is 0 Å². The van der Waals surface area contributed by atoms with Crippen LogP contribution >= 0.6 is 0 Å². The Hall–Kier alpha value is -2.18. The number of ether oxygens (including phenoxy) is 3. The first-order valence-electron chi connectivity index (χ1n) is 8.51. The molecule has 25 heavy (non-hydrogen) atoms. The largest absolute Gasteiger partial charge is 0.458 e. The predicted octanol–water partition coefficient (Wildman–Crippen LogP) is 2.18. The van der Waals surface area contributed by atoms with Gasteiger partial charge in [-0.1, -0.05) is 24.3 Å². The molecule has 2 bridgehead atoms. The van der Waals surface area contributed by atoms with Crippen molar-refractivity contribution in [3.8, 4) is 5.75 Å². The van der Waals surface area contributed by atoms with Gasteiger partial charge in [0.05, 0.1) is 12.2 Å². The van der Waals surface area contributed by atoms with E-state index in [4.69, 9.17) is 14.2 Å². The van der Waals surface area contributed by atoms with Gasteiger partial charge in [0.15, 0.2) is 0 Å². The summed E-state index contributed by atoms with van der Waals surface area (Å²) in [6, 6.07) is 5.13. The molecule has 0 spiro atoms. The van der Waals surface area contributed by atoms with Gasteiger partial charge in [0.2, 0.25) is 0 Å². The van der Waals surface area contributed by atoms with Gasteiger partial charge in [0.25, 0.3) is 0 Å². The van der Waals surface area contributed by atoms with E-state index in [1.807, 2.05) is 12.1 Å². The van der Waals surface area contributed by atoms with Crippen molar-refractivity contribution in [3.63, 3.8) is 0 Å². The lowest BCUT2D eigenvalue weighted by atomic mass is 9.96. The van der Waals surface area contributed by atoms with Crippen molar-refractivity contribution in [1.82, 2.24) is 0 Å². The monoisotopic (exact) mass is 346 g/mol. The molecule has 2 heterocycles. The lowest BCUT2D eigenvalue weighted by molar-refractivity contribution is -0.131. The van der Waals surface area contributed by atoms with Crippen LogP contribution in [-0.2, 0) is 20.7 Å². The summed E-state index contributed by atoms with van der Waals surface area (Å²) < 4.78 is 16.9. The van der Waals surface area contributed by atoms with Crippen molar-refractivity contribution in [2.75, 3.05) is 6.61 Å². The summed E-state index contributed by atoms with van der Waals surface area (Å²) in [6.45, 7) is 1.21. The Morgan fingerprint density at radius 3 is 3.00 bits per heavy atom. The minimum absolute atomic E-state index is 0.0439. The first-order chi connectivity index (χ1) is 12.1. The van der Waals surface area contributed by atoms with E-state index in [9.17, 15) is 14.7 Å². The normalized spacial score (nSPS) is 25.7. The summed E-state index contributed by atoms with van der Waals surface area (Å²) in [4.78, 5) is 24.2. The topological polar surface area (TPSA) is 82.1 Å². The van der Waals surface area contributed by atoms with Crippen LogP contribution in [0.5, 0.6) is 5.75 Å². The molecular weight excluding hydrogens is 324 g/mol. The fraction of sp³-hybridized carbons (Fsp3) is 0.474. The predicted molar refractivity (Wildman–Crippen MR) is 89.4 cm³/mol. The summed E-state index contributed by atoms with van der Waals surface area (Å²) in [6.07, 6.45) is 5.55. The van der Waals surface area contributed by atoms with Gasteiger partial charge >= 0.3 is 11.9 Å². The molecule has 0 radical (unpaired) electrons. The van der Waals surface area contributed by atoms with Gasteiger partial charge in [-0.3, -0.25) is 4.79 Å². The van der Waals surface area contributed by atoms with Crippen LogP contribution in [0.2, 0.25) is 0 Å². The van der Waals surface area contributed by atoms with Crippen LogP contribution in [0.4, 0.5) is 0 Å². The van der Waals surface area contributed by atoms with Crippen molar-refractivity contribution in [3.05, 3.63) is 41.5 Å². The number of aliphatic hydroxyl groups excluding tert-OH is 1.